The first-order valence-electron chi connectivity index (χ1n) is 6.50. The molecule has 1 aliphatic rings. The summed E-state index contributed by atoms with van der Waals surface area (Å²) >= 11 is 0. The first-order valence-corrected chi connectivity index (χ1v) is 6.50. The van der Waals surface area contributed by atoms with Crippen LogP contribution in [0, 0.1) is 0 Å². The molecule has 0 fully saturated rings. The molecule has 0 saturated heterocycles. The van der Waals surface area contributed by atoms with Crippen molar-refractivity contribution in [1.29, 1.82) is 0 Å². The zero-order valence-electron chi connectivity index (χ0n) is 11.5. The minimum absolute atomic E-state index is 0.954. The summed E-state index contributed by atoms with van der Waals surface area (Å²) in [7, 11) is 0. The van der Waals surface area contributed by atoms with Gasteiger partial charge in [0.25, 0.3) is 0 Å². The van der Waals surface area contributed by atoms with Gasteiger partial charge in [0.1, 0.15) is 0 Å². The summed E-state index contributed by atoms with van der Waals surface area (Å²) in [6.45, 7) is 10.5. The van der Waals surface area contributed by atoms with Crippen LogP contribution in [0.3, 0.4) is 0 Å². The van der Waals surface area contributed by atoms with Gasteiger partial charge in [-0.25, -0.2) is 0 Å². The molecule has 18 heavy (non-hydrogen) atoms. The Labute approximate surface area is 109 Å². The van der Waals surface area contributed by atoms with Crippen LogP contribution in [-0.4, -0.2) is 0 Å². The quantitative estimate of drug-likeness (QED) is 0.696. The molecule has 0 amide bonds. The highest BCUT2D eigenvalue weighted by Gasteiger charge is 2.13. The lowest BCUT2D eigenvalue weighted by molar-refractivity contribution is 1.32. The van der Waals surface area contributed by atoms with Crippen LogP contribution in [0.4, 0.5) is 0 Å². The number of hydrogen-bond donors (Lipinski definition) is 0. The Morgan fingerprint density at radius 2 is 1.94 bits per heavy atom. The molecule has 0 nitrogen and oxygen atoms in total. The van der Waals surface area contributed by atoms with E-state index >= 15 is 0 Å². The molecule has 0 unspecified atom stereocenters. The number of allylic oxidation sites excluding steroid dienone is 3. The van der Waals surface area contributed by atoms with Crippen LogP contribution in [0.5, 0.6) is 0 Å². The molecule has 0 heterocycles. The maximum absolute atomic E-state index is 4.22. The Morgan fingerprint density at radius 3 is 2.56 bits per heavy atom. The van der Waals surface area contributed by atoms with Crippen LogP contribution >= 0.6 is 0 Å². The summed E-state index contributed by atoms with van der Waals surface area (Å²) < 4.78 is 0. The maximum Gasteiger partial charge on any atom is -0.00760 e. The van der Waals surface area contributed by atoms with E-state index in [1.165, 1.54) is 32.7 Å². The van der Waals surface area contributed by atoms with Crippen molar-refractivity contribution in [2.24, 2.45) is 0 Å². The van der Waals surface area contributed by atoms with Gasteiger partial charge >= 0.3 is 0 Å². The van der Waals surface area contributed by atoms with Gasteiger partial charge in [-0.05, 0) is 66.0 Å². The maximum atomic E-state index is 4.22. The Morgan fingerprint density at radius 1 is 1.17 bits per heavy atom. The number of benzene rings is 1. The van der Waals surface area contributed by atoms with E-state index < -0.39 is 0 Å². The lowest BCUT2D eigenvalue weighted by Gasteiger charge is -2.17. The van der Waals surface area contributed by atoms with Crippen molar-refractivity contribution in [3.63, 3.8) is 0 Å². The molecule has 0 atom stereocenters. The Balaban J connectivity index is 2.98. The van der Waals surface area contributed by atoms with Crippen LogP contribution in [0.25, 0.3) is 29.9 Å². The predicted molar refractivity (Wildman–Crippen MR) is 83.4 cm³/mol. The van der Waals surface area contributed by atoms with Crippen molar-refractivity contribution in [3.05, 3.63) is 51.9 Å². The average Bonchev–Trinajstić information content (AvgIpc) is 2.38. The molecule has 0 bridgehead atoms. The third-order valence-electron chi connectivity index (χ3n) is 3.42. The molecule has 1 aromatic rings. The minimum Gasteiger partial charge on any atom is -0.0949 e. The standard InChI is InChI=1S/C18H20/c1-5-9-15-12-14(6-2)16(7-3)17-11-8-10-13(4)18(15)17/h5-9,11-12H,4,10H2,1-3H3/b9-5-,14-6-,16-7+. The molecule has 0 aliphatic heterocycles. The molecule has 1 aliphatic carbocycles. The van der Waals surface area contributed by atoms with Crippen molar-refractivity contribution in [2.75, 3.05) is 0 Å². The highest BCUT2D eigenvalue weighted by atomic mass is 14.2. The van der Waals surface area contributed by atoms with Crippen LogP contribution in [0.1, 0.15) is 43.9 Å². The normalized spacial score (nSPS) is 16.7. The van der Waals surface area contributed by atoms with Gasteiger partial charge in [-0.2, -0.15) is 0 Å². The van der Waals surface area contributed by atoms with Crippen LogP contribution in [0.2, 0.25) is 0 Å². The van der Waals surface area contributed by atoms with Gasteiger partial charge in [0, 0.05) is 0 Å². The van der Waals surface area contributed by atoms with Gasteiger partial charge in [0.05, 0.1) is 0 Å². The van der Waals surface area contributed by atoms with E-state index in [-0.39, 0.29) is 0 Å². The van der Waals surface area contributed by atoms with E-state index in [4.69, 9.17) is 0 Å². The van der Waals surface area contributed by atoms with E-state index in [0.717, 1.165) is 6.42 Å². The van der Waals surface area contributed by atoms with E-state index in [2.05, 4.69) is 69.9 Å². The minimum atomic E-state index is 0.954. The molecule has 0 aromatic heterocycles. The van der Waals surface area contributed by atoms with Gasteiger partial charge in [-0.1, -0.05) is 43.0 Å². The highest BCUT2D eigenvalue weighted by molar-refractivity contribution is 5.84. The summed E-state index contributed by atoms with van der Waals surface area (Å²) in [5, 5.41) is 2.61. The Bertz CT molecular complexity index is 652. The van der Waals surface area contributed by atoms with Crippen LogP contribution in [0.15, 0.2) is 24.8 Å². The number of rotatable bonds is 1. The smallest absolute Gasteiger partial charge is 0.00760 e. The summed E-state index contributed by atoms with van der Waals surface area (Å²) in [5.74, 6) is 0. The summed E-state index contributed by atoms with van der Waals surface area (Å²) in [5.41, 5.74) is 5.12. The number of fused-ring (bicyclic) bond motifs is 1. The second-order valence-electron chi connectivity index (χ2n) is 4.54. The topological polar surface area (TPSA) is 0 Å². The zero-order valence-corrected chi connectivity index (χ0v) is 11.5. The molecule has 0 N–H and O–H groups in total. The lowest BCUT2D eigenvalue weighted by Crippen LogP contribution is -2.29. The summed E-state index contributed by atoms with van der Waals surface area (Å²) in [6.07, 6.45) is 14.0. The zero-order chi connectivity index (χ0) is 13.1. The van der Waals surface area contributed by atoms with Gasteiger partial charge < -0.3 is 0 Å². The molecule has 0 spiro atoms. The Kier molecular flexibility index (Phi) is 3.66. The molecule has 1 aromatic carbocycles. The molecule has 0 heteroatoms. The van der Waals surface area contributed by atoms with E-state index in [0.29, 0.717) is 0 Å². The molecule has 92 valence electrons. The van der Waals surface area contributed by atoms with Crippen LogP contribution in [-0.2, 0) is 0 Å². The second kappa shape index (κ2) is 5.22. The predicted octanol–water partition coefficient (Wildman–Crippen LogP) is 3.75. The number of hydrogen-bond acceptors (Lipinski definition) is 0. The fourth-order valence-electron chi connectivity index (χ4n) is 2.62. The second-order valence-corrected chi connectivity index (χ2v) is 4.54. The largest absolute Gasteiger partial charge is 0.0949 e. The average molecular weight is 236 g/mol. The fourth-order valence-corrected chi connectivity index (χ4v) is 2.62. The molecule has 2 rings (SSSR count). The molecule has 0 saturated carbocycles. The summed E-state index contributed by atoms with van der Waals surface area (Å²) in [4.78, 5) is 0. The fraction of sp³-hybridized carbons (Fsp3) is 0.222. The monoisotopic (exact) mass is 236 g/mol. The molecular formula is C18H20. The van der Waals surface area contributed by atoms with Gasteiger partial charge in [0.2, 0.25) is 0 Å². The highest BCUT2D eigenvalue weighted by Crippen LogP contribution is 2.28. The molecular weight excluding hydrogens is 216 g/mol. The van der Waals surface area contributed by atoms with Crippen molar-refractivity contribution in [1.82, 2.24) is 0 Å². The first kappa shape index (κ1) is 12.6. The van der Waals surface area contributed by atoms with Gasteiger partial charge in [0.15, 0.2) is 0 Å². The summed E-state index contributed by atoms with van der Waals surface area (Å²) in [6, 6.07) is 2.26. The van der Waals surface area contributed by atoms with Gasteiger partial charge in [-0.15, -0.1) is 0 Å². The van der Waals surface area contributed by atoms with E-state index in [9.17, 15) is 0 Å². The molecule has 0 radical (unpaired) electrons. The van der Waals surface area contributed by atoms with Crippen molar-refractivity contribution in [2.45, 2.75) is 27.2 Å². The van der Waals surface area contributed by atoms with Crippen molar-refractivity contribution in [3.8, 4) is 0 Å². The van der Waals surface area contributed by atoms with Crippen molar-refractivity contribution < 1.29 is 0 Å². The van der Waals surface area contributed by atoms with Crippen LogP contribution < -0.4 is 10.4 Å². The SMILES string of the molecule is C=C1CC=Cc2c1c(/C=C\C)cc(=C/C)/c2=C\C. The third kappa shape index (κ3) is 1.99. The Hall–Kier alpha value is -1.82. The van der Waals surface area contributed by atoms with Crippen molar-refractivity contribution >= 4 is 29.9 Å². The lowest BCUT2D eigenvalue weighted by atomic mass is 9.87. The van der Waals surface area contributed by atoms with E-state index in [1.54, 1.807) is 0 Å². The van der Waals surface area contributed by atoms with E-state index in [1.807, 2.05) is 0 Å². The van der Waals surface area contributed by atoms with Gasteiger partial charge in [-0.3, -0.25) is 0 Å². The first-order chi connectivity index (χ1) is 8.72. The third-order valence-corrected chi connectivity index (χ3v) is 3.42.